The van der Waals surface area contributed by atoms with Gasteiger partial charge in [0.25, 0.3) is 0 Å². The highest BCUT2D eigenvalue weighted by Gasteiger charge is 2.16. The molecule has 4 heteroatoms. The van der Waals surface area contributed by atoms with Gasteiger partial charge in [-0.1, -0.05) is 44.6 Å². The zero-order chi connectivity index (χ0) is 21.8. The zero-order valence-electron chi connectivity index (χ0n) is 18.7. The SMILES string of the molecule is C=C(C)C(C)CC(CC)Cc1cc2c(Nc3cccc(C)c3F)ncnc2cc1C. The molecule has 30 heavy (non-hydrogen) atoms. The van der Waals surface area contributed by atoms with Crippen LogP contribution in [0.1, 0.15) is 50.3 Å². The van der Waals surface area contributed by atoms with Gasteiger partial charge in [0.05, 0.1) is 11.2 Å². The van der Waals surface area contributed by atoms with Crippen molar-refractivity contribution in [2.45, 2.75) is 53.9 Å². The van der Waals surface area contributed by atoms with Crippen molar-refractivity contribution in [2.75, 3.05) is 5.32 Å². The minimum Gasteiger partial charge on any atom is -0.337 e. The minimum atomic E-state index is -0.253. The zero-order valence-corrected chi connectivity index (χ0v) is 18.7. The Bertz CT molecular complexity index is 1060. The third-order valence-electron chi connectivity index (χ3n) is 6.15. The summed E-state index contributed by atoms with van der Waals surface area (Å²) in [5.74, 6) is 1.48. The summed E-state index contributed by atoms with van der Waals surface area (Å²) in [5.41, 5.74) is 5.67. The monoisotopic (exact) mass is 405 g/mol. The second-order valence-corrected chi connectivity index (χ2v) is 8.54. The molecule has 3 rings (SSSR count). The second kappa shape index (κ2) is 9.38. The Labute approximate surface area is 179 Å². The molecule has 0 bridgehead atoms. The summed E-state index contributed by atoms with van der Waals surface area (Å²) in [4.78, 5) is 8.85. The number of nitrogens with one attached hydrogen (secondary N) is 1. The van der Waals surface area contributed by atoms with E-state index in [0.29, 0.717) is 28.9 Å². The smallest absolute Gasteiger partial charge is 0.149 e. The normalized spacial score (nSPS) is 13.3. The molecular formula is C26H32FN3. The number of aromatic nitrogens is 2. The second-order valence-electron chi connectivity index (χ2n) is 8.54. The van der Waals surface area contributed by atoms with Gasteiger partial charge in [-0.05, 0) is 80.3 Å². The van der Waals surface area contributed by atoms with Crippen LogP contribution in [0, 0.1) is 31.5 Å². The molecule has 0 radical (unpaired) electrons. The fourth-order valence-corrected chi connectivity index (χ4v) is 3.85. The maximum atomic E-state index is 14.5. The molecular weight excluding hydrogens is 373 g/mol. The molecule has 1 N–H and O–H groups in total. The van der Waals surface area contributed by atoms with E-state index in [4.69, 9.17) is 0 Å². The summed E-state index contributed by atoms with van der Waals surface area (Å²) in [6.45, 7) is 14.6. The number of hydrogen-bond acceptors (Lipinski definition) is 3. The first-order chi connectivity index (χ1) is 14.3. The van der Waals surface area contributed by atoms with Crippen LogP contribution in [0.4, 0.5) is 15.9 Å². The first-order valence-corrected chi connectivity index (χ1v) is 10.7. The number of anilines is 2. The summed E-state index contributed by atoms with van der Waals surface area (Å²) in [6, 6.07) is 9.62. The van der Waals surface area contributed by atoms with Crippen LogP contribution in [0.25, 0.3) is 10.9 Å². The molecule has 0 spiro atoms. The van der Waals surface area contributed by atoms with Crippen LogP contribution in [0.3, 0.4) is 0 Å². The Morgan fingerprint density at radius 3 is 2.63 bits per heavy atom. The minimum absolute atomic E-state index is 0.253. The molecule has 0 amide bonds. The lowest BCUT2D eigenvalue weighted by molar-refractivity contribution is 0.408. The van der Waals surface area contributed by atoms with Crippen molar-refractivity contribution in [1.82, 2.24) is 9.97 Å². The van der Waals surface area contributed by atoms with Crippen molar-refractivity contribution in [1.29, 1.82) is 0 Å². The summed E-state index contributed by atoms with van der Waals surface area (Å²) < 4.78 is 14.5. The van der Waals surface area contributed by atoms with E-state index in [9.17, 15) is 4.39 Å². The van der Waals surface area contributed by atoms with Gasteiger partial charge in [0.2, 0.25) is 0 Å². The summed E-state index contributed by atoms with van der Waals surface area (Å²) in [7, 11) is 0. The molecule has 2 aromatic carbocycles. The van der Waals surface area contributed by atoms with Crippen LogP contribution in [0.15, 0.2) is 48.8 Å². The number of benzene rings is 2. The van der Waals surface area contributed by atoms with E-state index in [0.717, 1.165) is 30.2 Å². The van der Waals surface area contributed by atoms with Gasteiger partial charge in [-0.25, -0.2) is 14.4 Å². The van der Waals surface area contributed by atoms with E-state index < -0.39 is 0 Å². The van der Waals surface area contributed by atoms with Gasteiger partial charge < -0.3 is 5.32 Å². The highest BCUT2D eigenvalue weighted by atomic mass is 19.1. The van der Waals surface area contributed by atoms with Gasteiger partial charge >= 0.3 is 0 Å². The number of nitrogens with zero attached hydrogens (tertiary/aromatic N) is 2. The predicted molar refractivity (Wildman–Crippen MR) is 125 cm³/mol. The molecule has 2 unspecified atom stereocenters. The number of fused-ring (bicyclic) bond motifs is 1. The van der Waals surface area contributed by atoms with Crippen LogP contribution in [-0.4, -0.2) is 9.97 Å². The van der Waals surface area contributed by atoms with Gasteiger partial charge in [0.1, 0.15) is 18.0 Å². The van der Waals surface area contributed by atoms with Crippen LogP contribution in [-0.2, 0) is 6.42 Å². The Kier molecular flexibility index (Phi) is 6.86. The van der Waals surface area contributed by atoms with E-state index in [1.54, 1.807) is 19.1 Å². The lowest BCUT2D eigenvalue weighted by atomic mass is 9.84. The quantitative estimate of drug-likeness (QED) is 0.400. The highest BCUT2D eigenvalue weighted by molar-refractivity contribution is 5.91. The lowest BCUT2D eigenvalue weighted by Crippen LogP contribution is -2.10. The molecule has 0 fully saturated rings. The van der Waals surface area contributed by atoms with Gasteiger partial charge in [-0.15, -0.1) is 0 Å². The first-order valence-electron chi connectivity index (χ1n) is 10.7. The first kappa shape index (κ1) is 21.9. The van der Waals surface area contributed by atoms with Crippen molar-refractivity contribution in [3.63, 3.8) is 0 Å². The number of allylic oxidation sites excluding steroid dienone is 1. The van der Waals surface area contributed by atoms with Gasteiger partial charge in [0, 0.05) is 5.39 Å². The van der Waals surface area contributed by atoms with Crippen LogP contribution < -0.4 is 5.32 Å². The van der Waals surface area contributed by atoms with E-state index in [1.807, 2.05) is 6.07 Å². The molecule has 0 aliphatic heterocycles. The van der Waals surface area contributed by atoms with Gasteiger partial charge in [0.15, 0.2) is 0 Å². The lowest BCUT2D eigenvalue weighted by Gasteiger charge is -2.21. The van der Waals surface area contributed by atoms with E-state index >= 15 is 0 Å². The van der Waals surface area contributed by atoms with Crippen molar-refractivity contribution < 1.29 is 4.39 Å². The molecule has 1 heterocycles. The maximum Gasteiger partial charge on any atom is 0.149 e. The topological polar surface area (TPSA) is 37.8 Å². The third-order valence-corrected chi connectivity index (χ3v) is 6.15. The van der Waals surface area contributed by atoms with Gasteiger partial charge in [-0.2, -0.15) is 0 Å². The number of aryl methyl sites for hydroxylation is 2. The van der Waals surface area contributed by atoms with Crippen molar-refractivity contribution >= 4 is 22.4 Å². The van der Waals surface area contributed by atoms with Crippen molar-refractivity contribution in [3.05, 3.63) is 71.3 Å². The molecule has 3 aromatic rings. The van der Waals surface area contributed by atoms with Crippen LogP contribution in [0.2, 0.25) is 0 Å². The Hall–Kier alpha value is -2.75. The summed E-state index contributed by atoms with van der Waals surface area (Å²) in [6.07, 6.45) is 4.79. The molecule has 158 valence electrons. The fourth-order valence-electron chi connectivity index (χ4n) is 3.85. The Morgan fingerprint density at radius 1 is 1.17 bits per heavy atom. The van der Waals surface area contributed by atoms with Gasteiger partial charge in [-0.3, -0.25) is 0 Å². The summed E-state index contributed by atoms with van der Waals surface area (Å²) in [5, 5.41) is 4.10. The average Bonchev–Trinajstić information content (AvgIpc) is 2.71. The largest absolute Gasteiger partial charge is 0.337 e. The summed E-state index contributed by atoms with van der Waals surface area (Å²) >= 11 is 0. The Morgan fingerprint density at radius 2 is 1.93 bits per heavy atom. The standard InChI is InChI=1S/C26H32FN3/c1-7-20(11-18(5)16(2)3)13-21-14-22-24(12-19(21)6)28-15-29-26(22)30-23-10-8-9-17(4)25(23)27/h8-10,12,14-15,18,20H,2,7,11,13H2,1,3-6H3,(H,28,29,30). The van der Waals surface area contributed by atoms with E-state index in [-0.39, 0.29) is 5.82 Å². The molecule has 0 saturated carbocycles. The predicted octanol–water partition coefficient (Wildman–Crippen LogP) is 7.30. The maximum absolute atomic E-state index is 14.5. The Balaban J connectivity index is 1.95. The molecule has 2 atom stereocenters. The molecule has 1 aromatic heterocycles. The molecule has 0 aliphatic carbocycles. The fraction of sp³-hybridized carbons (Fsp3) is 0.385. The third kappa shape index (κ3) is 4.86. The van der Waals surface area contributed by atoms with Crippen molar-refractivity contribution in [3.8, 4) is 0 Å². The van der Waals surface area contributed by atoms with Crippen LogP contribution in [0.5, 0.6) is 0 Å². The molecule has 0 saturated heterocycles. The van der Waals surface area contributed by atoms with Crippen molar-refractivity contribution in [2.24, 2.45) is 11.8 Å². The highest BCUT2D eigenvalue weighted by Crippen LogP contribution is 2.30. The van der Waals surface area contributed by atoms with E-state index in [1.165, 1.54) is 23.0 Å². The molecule has 0 aliphatic rings. The van der Waals surface area contributed by atoms with E-state index in [2.05, 4.69) is 61.7 Å². The number of hydrogen-bond donors (Lipinski definition) is 1. The molecule has 3 nitrogen and oxygen atoms in total. The average molecular weight is 406 g/mol. The number of halogens is 1. The number of rotatable bonds is 8. The van der Waals surface area contributed by atoms with Crippen LogP contribution >= 0.6 is 0 Å².